The Bertz CT molecular complexity index is 975. The second-order valence-corrected chi connectivity index (χ2v) is 15.9. The van der Waals surface area contributed by atoms with Crippen LogP contribution < -0.4 is 17.2 Å². The fraction of sp³-hybridized carbons (Fsp3) is 0.905. The zero-order valence-electron chi connectivity index (χ0n) is 34.4. The summed E-state index contributed by atoms with van der Waals surface area (Å²) < 4.78 is 5.54. The van der Waals surface area contributed by atoms with Crippen molar-refractivity contribution in [2.45, 2.75) is 176 Å². The van der Waals surface area contributed by atoms with E-state index in [0.29, 0.717) is 23.9 Å². The summed E-state index contributed by atoms with van der Waals surface area (Å²) in [6.45, 7) is 12.9. The molecule has 7 unspecified atom stereocenters. The fourth-order valence-corrected chi connectivity index (χ4v) is 9.88. The first-order chi connectivity index (χ1) is 25.3. The molecular weight excluding hydrogens is 674 g/mol. The Labute approximate surface area is 322 Å². The molecule has 0 aromatic rings. The third-order valence-corrected chi connectivity index (χ3v) is 12.5. The SMILES string of the molecule is CC.CCCCCCCCOC(=O)CCCC1CCC2C3CCC4CCCCC4(C)C3CCC12C.NCCC(=O)O.NCCC(=O)O.NCCC(=O)O. The van der Waals surface area contributed by atoms with Crippen LogP contribution in [0.1, 0.15) is 176 Å². The van der Waals surface area contributed by atoms with Gasteiger partial charge in [-0.25, -0.2) is 0 Å². The molecule has 11 heteroatoms. The number of nitrogens with two attached hydrogens (primary N) is 3. The zero-order chi connectivity index (χ0) is 40.3. The van der Waals surface area contributed by atoms with Gasteiger partial charge in [0, 0.05) is 26.1 Å². The molecule has 0 spiro atoms. The predicted octanol–water partition coefficient (Wildman–Crippen LogP) is 8.40. The van der Waals surface area contributed by atoms with Gasteiger partial charge in [-0.15, -0.1) is 0 Å². The number of carbonyl (C=O) groups excluding carboxylic acids is 1. The normalized spacial score (nSPS) is 27.8. The third kappa shape index (κ3) is 18.8. The molecular formula is C42H81N3O8. The van der Waals surface area contributed by atoms with E-state index < -0.39 is 17.9 Å². The van der Waals surface area contributed by atoms with Crippen molar-refractivity contribution in [3.8, 4) is 0 Å². The second kappa shape index (κ2) is 29.1. The Hall–Kier alpha value is -2.24. The summed E-state index contributed by atoms with van der Waals surface area (Å²) in [6.07, 6.45) is 25.5. The van der Waals surface area contributed by atoms with E-state index in [1.807, 2.05) is 13.8 Å². The van der Waals surface area contributed by atoms with Crippen molar-refractivity contribution in [1.29, 1.82) is 0 Å². The lowest BCUT2D eigenvalue weighted by Gasteiger charge is -2.60. The van der Waals surface area contributed by atoms with Gasteiger partial charge < -0.3 is 37.3 Å². The quantitative estimate of drug-likeness (QED) is 0.0612. The Kier molecular flexibility index (Phi) is 27.9. The maximum absolute atomic E-state index is 12.2. The molecule has 9 N–H and O–H groups in total. The molecule has 0 bridgehead atoms. The van der Waals surface area contributed by atoms with Crippen LogP contribution in [0.4, 0.5) is 0 Å². The smallest absolute Gasteiger partial charge is 0.305 e. The molecule has 0 aromatic heterocycles. The van der Waals surface area contributed by atoms with Crippen LogP contribution in [0.2, 0.25) is 0 Å². The Morgan fingerprint density at radius 3 is 1.70 bits per heavy atom. The topological polar surface area (TPSA) is 216 Å². The molecule has 0 amide bonds. The van der Waals surface area contributed by atoms with Crippen LogP contribution in [0.25, 0.3) is 0 Å². The number of hydrogen-bond acceptors (Lipinski definition) is 8. The summed E-state index contributed by atoms with van der Waals surface area (Å²) in [4.78, 5) is 40.8. The Morgan fingerprint density at radius 2 is 1.17 bits per heavy atom. The van der Waals surface area contributed by atoms with E-state index in [1.165, 1.54) is 103 Å². The monoisotopic (exact) mass is 756 g/mol. The highest BCUT2D eigenvalue weighted by Gasteiger charge is 2.59. The lowest BCUT2D eigenvalue weighted by atomic mass is 9.45. The number of ether oxygens (including phenoxy) is 1. The van der Waals surface area contributed by atoms with Crippen molar-refractivity contribution in [3.05, 3.63) is 0 Å². The van der Waals surface area contributed by atoms with Crippen LogP contribution in [0.15, 0.2) is 0 Å². The summed E-state index contributed by atoms with van der Waals surface area (Å²) in [5.74, 6) is 2.37. The summed E-state index contributed by atoms with van der Waals surface area (Å²) in [5.41, 5.74) is 15.7. The number of carboxylic acids is 3. The molecule has 4 rings (SSSR count). The first-order valence-electron chi connectivity index (χ1n) is 21.2. The molecule has 4 saturated carbocycles. The van der Waals surface area contributed by atoms with Crippen LogP contribution >= 0.6 is 0 Å². The number of carboxylic acid groups (broad SMARTS) is 3. The number of rotatable bonds is 17. The van der Waals surface area contributed by atoms with Crippen molar-refractivity contribution in [3.63, 3.8) is 0 Å². The molecule has 53 heavy (non-hydrogen) atoms. The van der Waals surface area contributed by atoms with Gasteiger partial charge in [-0.1, -0.05) is 79.6 Å². The number of carbonyl (C=O) groups is 4. The maximum atomic E-state index is 12.2. The van der Waals surface area contributed by atoms with Gasteiger partial charge in [-0.3, -0.25) is 19.2 Å². The highest BCUT2D eigenvalue weighted by atomic mass is 16.5. The first kappa shape index (κ1) is 50.8. The zero-order valence-corrected chi connectivity index (χ0v) is 34.4. The van der Waals surface area contributed by atoms with Crippen molar-refractivity contribution in [2.75, 3.05) is 26.2 Å². The molecule has 0 aromatic carbocycles. The number of fused-ring (bicyclic) bond motifs is 5. The lowest BCUT2D eigenvalue weighted by Crippen LogP contribution is -2.52. The van der Waals surface area contributed by atoms with E-state index in [0.717, 1.165) is 42.4 Å². The minimum absolute atomic E-state index is 0.0514. The third-order valence-electron chi connectivity index (χ3n) is 12.5. The largest absolute Gasteiger partial charge is 0.481 e. The molecule has 7 atom stereocenters. The highest BCUT2D eigenvalue weighted by Crippen LogP contribution is 2.67. The lowest BCUT2D eigenvalue weighted by molar-refractivity contribution is -0.144. The van der Waals surface area contributed by atoms with Crippen molar-refractivity contribution in [2.24, 2.45) is 57.6 Å². The van der Waals surface area contributed by atoms with Crippen molar-refractivity contribution in [1.82, 2.24) is 0 Å². The molecule has 11 nitrogen and oxygen atoms in total. The van der Waals surface area contributed by atoms with E-state index in [2.05, 4.69) is 20.8 Å². The van der Waals surface area contributed by atoms with Gasteiger partial charge in [-0.05, 0) is 111 Å². The fourth-order valence-electron chi connectivity index (χ4n) is 9.88. The average Bonchev–Trinajstić information content (AvgIpc) is 3.45. The molecule has 0 radical (unpaired) electrons. The van der Waals surface area contributed by atoms with E-state index in [4.69, 9.17) is 37.3 Å². The number of aliphatic carboxylic acids is 3. The molecule has 0 heterocycles. The maximum Gasteiger partial charge on any atom is 0.305 e. The summed E-state index contributed by atoms with van der Waals surface area (Å²) in [7, 11) is 0. The van der Waals surface area contributed by atoms with Crippen LogP contribution in [0.5, 0.6) is 0 Å². The second-order valence-electron chi connectivity index (χ2n) is 15.9. The van der Waals surface area contributed by atoms with E-state index >= 15 is 0 Å². The number of hydrogen-bond donors (Lipinski definition) is 6. The van der Waals surface area contributed by atoms with Gasteiger partial charge in [0.25, 0.3) is 0 Å². The van der Waals surface area contributed by atoms with E-state index in [1.54, 1.807) is 0 Å². The van der Waals surface area contributed by atoms with Gasteiger partial charge in [0.15, 0.2) is 0 Å². The summed E-state index contributed by atoms with van der Waals surface area (Å²) >= 11 is 0. The predicted molar refractivity (Wildman–Crippen MR) is 213 cm³/mol. The summed E-state index contributed by atoms with van der Waals surface area (Å²) in [5, 5.41) is 23.5. The minimum Gasteiger partial charge on any atom is -0.481 e. The summed E-state index contributed by atoms with van der Waals surface area (Å²) in [6, 6.07) is 0. The van der Waals surface area contributed by atoms with E-state index in [9.17, 15) is 19.2 Å². The van der Waals surface area contributed by atoms with Gasteiger partial charge in [0.05, 0.1) is 25.9 Å². The molecule has 0 aliphatic heterocycles. The molecule has 0 saturated heterocycles. The standard InChI is InChI=1S/C31H54O2.3C3H7NO2.C2H6/c1-4-5-6-7-8-11-23-33-29(32)15-12-14-25-17-19-27-26-18-16-24-13-9-10-21-30(24,2)28(26)20-22-31(25,27)3;3*4-2-1-3(5)6;1-2/h24-28H,4-23H2,1-3H3;3*1-2,4H2,(H,5,6);1-2H3. The Morgan fingerprint density at radius 1 is 0.623 bits per heavy atom. The van der Waals surface area contributed by atoms with Gasteiger partial charge in [-0.2, -0.15) is 0 Å². The van der Waals surface area contributed by atoms with Crippen LogP contribution in [-0.2, 0) is 23.9 Å². The number of esters is 1. The molecule has 4 fully saturated rings. The average molecular weight is 756 g/mol. The van der Waals surface area contributed by atoms with Crippen LogP contribution in [-0.4, -0.2) is 65.4 Å². The van der Waals surface area contributed by atoms with Crippen molar-refractivity contribution < 1.29 is 39.2 Å². The van der Waals surface area contributed by atoms with Crippen LogP contribution in [0.3, 0.4) is 0 Å². The minimum atomic E-state index is -0.836. The van der Waals surface area contributed by atoms with Crippen LogP contribution in [0, 0.1) is 40.4 Å². The molecule has 312 valence electrons. The Balaban J connectivity index is 0.00000111. The van der Waals surface area contributed by atoms with Gasteiger partial charge in [0.2, 0.25) is 0 Å². The van der Waals surface area contributed by atoms with Crippen molar-refractivity contribution >= 4 is 23.9 Å². The van der Waals surface area contributed by atoms with E-state index in [-0.39, 0.29) is 44.9 Å². The first-order valence-corrected chi connectivity index (χ1v) is 21.2. The highest BCUT2D eigenvalue weighted by molar-refractivity contribution is 5.69. The molecule has 4 aliphatic rings. The van der Waals surface area contributed by atoms with Gasteiger partial charge in [0.1, 0.15) is 0 Å². The number of unbranched alkanes of at least 4 members (excludes halogenated alkanes) is 5. The molecule has 4 aliphatic carbocycles. The van der Waals surface area contributed by atoms with Gasteiger partial charge >= 0.3 is 23.9 Å².